The standard InChI is InChI=1S/C11H13N3S/c1-8-4-5-10(15-8)9(2)14-11-12-6-3-7-13-11/h3-7,9H,1-2H3,(H,12,13,14). The molecule has 2 aromatic heterocycles. The molecule has 0 aromatic carbocycles. The number of nitrogens with zero attached hydrogens (tertiary/aromatic N) is 2. The fourth-order valence-corrected chi connectivity index (χ4v) is 2.20. The van der Waals surface area contributed by atoms with Gasteiger partial charge in [0.25, 0.3) is 0 Å². The summed E-state index contributed by atoms with van der Waals surface area (Å²) in [5.41, 5.74) is 0. The fourth-order valence-electron chi connectivity index (χ4n) is 1.32. The molecule has 0 amide bonds. The van der Waals surface area contributed by atoms with Crippen LogP contribution in [0.15, 0.2) is 30.6 Å². The van der Waals surface area contributed by atoms with Gasteiger partial charge in [0.15, 0.2) is 0 Å². The molecule has 0 radical (unpaired) electrons. The molecular formula is C11H13N3S. The van der Waals surface area contributed by atoms with Gasteiger partial charge in [-0.15, -0.1) is 11.3 Å². The molecule has 0 saturated carbocycles. The molecule has 0 bridgehead atoms. The Hall–Kier alpha value is -1.42. The molecule has 0 fully saturated rings. The van der Waals surface area contributed by atoms with Gasteiger partial charge in [-0.3, -0.25) is 0 Å². The highest BCUT2D eigenvalue weighted by Crippen LogP contribution is 2.24. The summed E-state index contributed by atoms with van der Waals surface area (Å²) in [5.74, 6) is 0.677. The molecular weight excluding hydrogens is 206 g/mol. The highest BCUT2D eigenvalue weighted by molar-refractivity contribution is 7.12. The van der Waals surface area contributed by atoms with E-state index in [9.17, 15) is 0 Å². The van der Waals surface area contributed by atoms with Gasteiger partial charge < -0.3 is 5.32 Å². The Balaban J connectivity index is 2.07. The Kier molecular flexibility index (Phi) is 2.97. The quantitative estimate of drug-likeness (QED) is 0.862. The molecule has 0 aliphatic carbocycles. The van der Waals surface area contributed by atoms with Crippen LogP contribution in [0, 0.1) is 6.92 Å². The second-order valence-corrected chi connectivity index (χ2v) is 4.71. The summed E-state index contributed by atoms with van der Waals surface area (Å²) in [6.07, 6.45) is 3.48. The molecule has 0 aliphatic heterocycles. The van der Waals surface area contributed by atoms with Crippen molar-refractivity contribution < 1.29 is 0 Å². The van der Waals surface area contributed by atoms with Crippen LogP contribution in [0.25, 0.3) is 0 Å². The Bertz CT molecular complexity index is 424. The molecule has 2 heterocycles. The molecule has 78 valence electrons. The van der Waals surface area contributed by atoms with Crippen molar-refractivity contribution in [3.05, 3.63) is 40.3 Å². The van der Waals surface area contributed by atoms with Crippen LogP contribution >= 0.6 is 11.3 Å². The van der Waals surface area contributed by atoms with E-state index in [1.165, 1.54) is 9.75 Å². The van der Waals surface area contributed by atoms with E-state index in [-0.39, 0.29) is 6.04 Å². The predicted octanol–water partition coefficient (Wildman–Crippen LogP) is 3.02. The van der Waals surface area contributed by atoms with Crippen LogP contribution in [0.2, 0.25) is 0 Å². The predicted molar refractivity (Wildman–Crippen MR) is 63.1 cm³/mol. The lowest BCUT2D eigenvalue weighted by molar-refractivity contribution is 0.880. The minimum absolute atomic E-state index is 0.256. The first-order chi connectivity index (χ1) is 7.25. The van der Waals surface area contributed by atoms with Gasteiger partial charge in [-0.1, -0.05) is 0 Å². The van der Waals surface area contributed by atoms with Crippen LogP contribution in [0.5, 0.6) is 0 Å². The topological polar surface area (TPSA) is 37.8 Å². The fraction of sp³-hybridized carbons (Fsp3) is 0.273. The molecule has 2 rings (SSSR count). The summed E-state index contributed by atoms with van der Waals surface area (Å²) < 4.78 is 0. The lowest BCUT2D eigenvalue weighted by Gasteiger charge is -2.11. The Morgan fingerprint density at radius 3 is 2.60 bits per heavy atom. The van der Waals surface area contributed by atoms with Gasteiger partial charge in [0.05, 0.1) is 6.04 Å². The number of aromatic nitrogens is 2. The molecule has 1 N–H and O–H groups in total. The Morgan fingerprint density at radius 2 is 2.00 bits per heavy atom. The van der Waals surface area contributed by atoms with Crippen molar-refractivity contribution in [1.82, 2.24) is 9.97 Å². The zero-order valence-electron chi connectivity index (χ0n) is 8.77. The van der Waals surface area contributed by atoms with Crippen molar-refractivity contribution in [1.29, 1.82) is 0 Å². The highest BCUT2D eigenvalue weighted by atomic mass is 32.1. The Morgan fingerprint density at radius 1 is 1.27 bits per heavy atom. The smallest absolute Gasteiger partial charge is 0.223 e. The summed E-state index contributed by atoms with van der Waals surface area (Å²) in [4.78, 5) is 10.9. The van der Waals surface area contributed by atoms with E-state index < -0.39 is 0 Å². The number of nitrogens with one attached hydrogen (secondary N) is 1. The summed E-state index contributed by atoms with van der Waals surface area (Å²) in [6, 6.07) is 6.33. The van der Waals surface area contributed by atoms with Gasteiger partial charge in [0.2, 0.25) is 5.95 Å². The lowest BCUT2D eigenvalue weighted by Crippen LogP contribution is -2.07. The molecule has 1 atom stereocenters. The van der Waals surface area contributed by atoms with Gasteiger partial charge in [0, 0.05) is 22.1 Å². The molecule has 15 heavy (non-hydrogen) atoms. The van der Waals surface area contributed by atoms with Crippen molar-refractivity contribution in [3.63, 3.8) is 0 Å². The summed E-state index contributed by atoms with van der Waals surface area (Å²) in [5, 5.41) is 3.26. The third-order valence-corrected chi connectivity index (χ3v) is 3.28. The minimum Gasteiger partial charge on any atom is -0.347 e. The molecule has 0 saturated heterocycles. The maximum atomic E-state index is 4.13. The van der Waals surface area contributed by atoms with E-state index in [1.807, 2.05) is 6.07 Å². The number of rotatable bonds is 3. The van der Waals surface area contributed by atoms with Crippen molar-refractivity contribution in [2.75, 3.05) is 5.32 Å². The first-order valence-electron chi connectivity index (χ1n) is 4.85. The largest absolute Gasteiger partial charge is 0.347 e. The minimum atomic E-state index is 0.256. The molecule has 1 unspecified atom stereocenters. The van der Waals surface area contributed by atoms with E-state index >= 15 is 0 Å². The summed E-state index contributed by atoms with van der Waals surface area (Å²) in [6.45, 7) is 4.22. The second-order valence-electron chi connectivity index (χ2n) is 3.39. The summed E-state index contributed by atoms with van der Waals surface area (Å²) in [7, 11) is 0. The van der Waals surface area contributed by atoms with E-state index in [2.05, 4.69) is 41.3 Å². The molecule has 0 aliphatic rings. The van der Waals surface area contributed by atoms with Gasteiger partial charge in [-0.25, -0.2) is 9.97 Å². The zero-order chi connectivity index (χ0) is 10.7. The van der Waals surface area contributed by atoms with E-state index in [0.717, 1.165) is 0 Å². The highest BCUT2D eigenvalue weighted by Gasteiger charge is 2.07. The average molecular weight is 219 g/mol. The third kappa shape index (κ3) is 2.53. The van der Waals surface area contributed by atoms with E-state index in [0.29, 0.717) is 5.95 Å². The van der Waals surface area contributed by atoms with Crippen LogP contribution in [0.1, 0.15) is 22.7 Å². The maximum absolute atomic E-state index is 4.13. The van der Waals surface area contributed by atoms with Gasteiger partial charge in [-0.05, 0) is 32.0 Å². The monoisotopic (exact) mass is 219 g/mol. The van der Waals surface area contributed by atoms with Crippen molar-refractivity contribution in [2.24, 2.45) is 0 Å². The average Bonchev–Trinajstić information content (AvgIpc) is 2.66. The Labute approximate surface area is 93.2 Å². The zero-order valence-corrected chi connectivity index (χ0v) is 9.58. The van der Waals surface area contributed by atoms with Crippen LogP contribution in [-0.4, -0.2) is 9.97 Å². The van der Waals surface area contributed by atoms with Gasteiger partial charge in [0.1, 0.15) is 0 Å². The first kappa shape index (κ1) is 10.1. The molecule has 4 heteroatoms. The van der Waals surface area contributed by atoms with E-state index in [1.54, 1.807) is 23.7 Å². The number of thiophene rings is 1. The summed E-state index contributed by atoms with van der Waals surface area (Å²) >= 11 is 1.80. The number of hydrogen-bond acceptors (Lipinski definition) is 4. The third-order valence-electron chi connectivity index (χ3n) is 2.10. The maximum Gasteiger partial charge on any atom is 0.223 e. The normalized spacial score (nSPS) is 12.4. The van der Waals surface area contributed by atoms with Crippen LogP contribution in [0.4, 0.5) is 5.95 Å². The van der Waals surface area contributed by atoms with Crippen LogP contribution < -0.4 is 5.32 Å². The van der Waals surface area contributed by atoms with Crippen LogP contribution in [-0.2, 0) is 0 Å². The molecule has 0 spiro atoms. The van der Waals surface area contributed by atoms with E-state index in [4.69, 9.17) is 0 Å². The molecule has 3 nitrogen and oxygen atoms in total. The number of hydrogen-bond donors (Lipinski definition) is 1. The van der Waals surface area contributed by atoms with Gasteiger partial charge >= 0.3 is 0 Å². The lowest BCUT2D eigenvalue weighted by atomic mass is 10.3. The molecule has 2 aromatic rings. The number of aryl methyl sites for hydroxylation is 1. The second kappa shape index (κ2) is 4.40. The van der Waals surface area contributed by atoms with Crippen molar-refractivity contribution in [2.45, 2.75) is 19.9 Å². The first-order valence-corrected chi connectivity index (χ1v) is 5.67. The van der Waals surface area contributed by atoms with Crippen LogP contribution in [0.3, 0.4) is 0 Å². The SMILES string of the molecule is Cc1ccc(C(C)Nc2ncccn2)s1. The van der Waals surface area contributed by atoms with Gasteiger partial charge in [-0.2, -0.15) is 0 Å². The number of anilines is 1. The van der Waals surface area contributed by atoms with Crippen molar-refractivity contribution >= 4 is 17.3 Å². The van der Waals surface area contributed by atoms with Crippen molar-refractivity contribution in [3.8, 4) is 0 Å².